The Morgan fingerprint density at radius 3 is 2.40 bits per heavy atom. The van der Waals surface area contributed by atoms with Crippen LogP contribution in [0.1, 0.15) is 58.8 Å². The third kappa shape index (κ3) is 5.58. The summed E-state index contributed by atoms with van der Waals surface area (Å²) in [6.07, 6.45) is 4.92. The summed E-state index contributed by atoms with van der Waals surface area (Å²) >= 11 is 0. The van der Waals surface area contributed by atoms with E-state index in [0.717, 1.165) is 30.6 Å². The molecule has 0 aliphatic carbocycles. The molecular weight excluding hydrogens is 324 g/mol. The molecule has 0 fully saturated rings. The van der Waals surface area contributed by atoms with Crippen LogP contribution in [0.3, 0.4) is 0 Å². The molecule has 0 radical (unpaired) electrons. The van der Waals surface area contributed by atoms with Crippen LogP contribution in [-0.4, -0.2) is 46.3 Å². The second-order valence-corrected chi connectivity index (χ2v) is 6.20. The number of hydrogen-bond donors (Lipinski definition) is 3. The highest BCUT2D eigenvalue weighted by Gasteiger charge is 2.42. The van der Waals surface area contributed by atoms with Gasteiger partial charge < -0.3 is 16.6 Å². The number of rotatable bonds is 11. The van der Waals surface area contributed by atoms with Gasteiger partial charge >= 0.3 is 5.97 Å². The van der Waals surface area contributed by atoms with E-state index in [9.17, 15) is 19.5 Å². The minimum Gasteiger partial charge on any atom is -0.480 e. The first kappa shape index (κ1) is 20.7. The third-order valence-electron chi connectivity index (χ3n) is 4.28. The largest absolute Gasteiger partial charge is 0.480 e. The molecule has 1 aliphatic rings. The highest BCUT2D eigenvalue weighted by molar-refractivity contribution is 6.20. The van der Waals surface area contributed by atoms with E-state index in [-0.39, 0.29) is 18.9 Å². The number of amides is 2. The molecule has 0 bridgehead atoms. The first-order chi connectivity index (χ1) is 11.8. The Morgan fingerprint density at radius 2 is 1.84 bits per heavy atom. The third-order valence-corrected chi connectivity index (χ3v) is 4.28. The van der Waals surface area contributed by atoms with Crippen LogP contribution >= 0.6 is 0 Å². The number of guanidine groups is 1. The molecular formula is C17H28N4O4. The van der Waals surface area contributed by atoms with E-state index in [0.29, 0.717) is 24.0 Å². The van der Waals surface area contributed by atoms with Crippen molar-refractivity contribution in [2.45, 2.75) is 64.8 Å². The molecule has 0 aromatic heterocycles. The Bertz CT molecular complexity index is 579. The predicted molar refractivity (Wildman–Crippen MR) is 94.6 cm³/mol. The van der Waals surface area contributed by atoms with Gasteiger partial charge in [0.25, 0.3) is 11.8 Å². The smallest absolute Gasteiger partial charge is 0.326 e. The lowest BCUT2D eigenvalue weighted by Crippen LogP contribution is -2.46. The van der Waals surface area contributed by atoms with Crippen molar-refractivity contribution in [3.05, 3.63) is 11.1 Å². The summed E-state index contributed by atoms with van der Waals surface area (Å²) in [5.41, 5.74) is 11.3. The van der Waals surface area contributed by atoms with Gasteiger partial charge in [-0.15, -0.1) is 0 Å². The molecule has 8 heteroatoms. The Kier molecular flexibility index (Phi) is 8.10. The van der Waals surface area contributed by atoms with E-state index in [2.05, 4.69) is 11.9 Å². The molecule has 0 aromatic rings. The van der Waals surface area contributed by atoms with Crippen LogP contribution in [-0.2, 0) is 14.4 Å². The van der Waals surface area contributed by atoms with E-state index >= 15 is 0 Å². The SMILES string of the molecule is CCCCCCC1=C(C)C(=O)N(C(CCCN=C(N)N)C(=O)O)C1=O. The second-order valence-electron chi connectivity index (χ2n) is 6.20. The fraction of sp³-hybridized carbons (Fsp3) is 0.647. The van der Waals surface area contributed by atoms with Crippen LogP contribution in [0.5, 0.6) is 0 Å². The van der Waals surface area contributed by atoms with Gasteiger partial charge in [0.1, 0.15) is 6.04 Å². The van der Waals surface area contributed by atoms with Crippen molar-refractivity contribution in [2.24, 2.45) is 16.5 Å². The van der Waals surface area contributed by atoms with Crippen molar-refractivity contribution >= 4 is 23.7 Å². The van der Waals surface area contributed by atoms with Gasteiger partial charge in [-0.2, -0.15) is 0 Å². The molecule has 1 atom stereocenters. The maximum Gasteiger partial charge on any atom is 0.326 e. The van der Waals surface area contributed by atoms with Crippen molar-refractivity contribution < 1.29 is 19.5 Å². The molecule has 2 amide bonds. The number of imide groups is 1. The van der Waals surface area contributed by atoms with Crippen molar-refractivity contribution in [1.29, 1.82) is 0 Å². The molecule has 1 aliphatic heterocycles. The van der Waals surface area contributed by atoms with Gasteiger partial charge in [0, 0.05) is 17.7 Å². The highest BCUT2D eigenvalue weighted by Crippen LogP contribution is 2.28. The van der Waals surface area contributed by atoms with Crippen LogP contribution in [0.15, 0.2) is 16.1 Å². The molecule has 1 heterocycles. The van der Waals surface area contributed by atoms with Crippen molar-refractivity contribution in [2.75, 3.05) is 6.54 Å². The van der Waals surface area contributed by atoms with E-state index in [1.165, 1.54) is 0 Å². The number of unbranched alkanes of at least 4 members (excludes halogenated alkanes) is 3. The van der Waals surface area contributed by atoms with Crippen LogP contribution in [0.4, 0.5) is 0 Å². The maximum absolute atomic E-state index is 12.6. The molecule has 0 spiro atoms. The zero-order valence-corrected chi connectivity index (χ0v) is 15.0. The van der Waals surface area contributed by atoms with E-state index in [4.69, 9.17) is 11.5 Å². The summed E-state index contributed by atoms with van der Waals surface area (Å²) in [6.45, 7) is 3.93. The first-order valence-corrected chi connectivity index (χ1v) is 8.67. The first-order valence-electron chi connectivity index (χ1n) is 8.67. The number of carbonyl (C=O) groups is 3. The lowest BCUT2D eigenvalue weighted by molar-refractivity contribution is -0.154. The summed E-state index contributed by atoms with van der Waals surface area (Å²) < 4.78 is 0. The molecule has 140 valence electrons. The monoisotopic (exact) mass is 352 g/mol. The summed E-state index contributed by atoms with van der Waals surface area (Å²) in [5.74, 6) is -2.27. The number of aliphatic imine (C=N–C) groups is 1. The van der Waals surface area contributed by atoms with E-state index in [1.54, 1.807) is 6.92 Å². The second kappa shape index (κ2) is 9.80. The van der Waals surface area contributed by atoms with Gasteiger partial charge in [-0.3, -0.25) is 19.5 Å². The minimum atomic E-state index is -1.20. The predicted octanol–water partition coefficient (Wildman–Crippen LogP) is 1.15. The Morgan fingerprint density at radius 1 is 1.16 bits per heavy atom. The molecule has 1 rings (SSSR count). The lowest BCUT2D eigenvalue weighted by atomic mass is 10.0. The van der Waals surface area contributed by atoms with Crippen LogP contribution in [0.2, 0.25) is 0 Å². The fourth-order valence-electron chi connectivity index (χ4n) is 2.87. The standard InChI is InChI=1S/C17H28N4O4/c1-3-4-5-6-8-12-11(2)14(22)21(15(12)23)13(16(24)25)9-7-10-20-17(18)19/h13H,3-10H2,1-2H3,(H,24,25)(H4,18,19,20). The average molecular weight is 352 g/mol. The van der Waals surface area contributed by atoms with E-state index in [1.807, 2.05) is 0 Å². The van der Waals surface area contributed by atoms with Gasteiger partial charge in [-0.1, -0.05) is 26.2 Å². The Labute approximate surface area is 147 Å². The molecule has 1 unspecified atom stereocenters. The lowest BCUT2D eigenvalue weighted by Gasteiger charge is -2.23. The minimum absolute atomic E-state index is 0.0768. The number of carbonyl (C=O) groups excluding carboxylic acids is 2. The van der Waals surface area contributed by atoms with Crippen LogP contribution in [0, 0.1) is 0 Å². The van der Waals surface area contributed by atoms with Crippen LogP contribution in [0.25, 0.3) is 0 Å². The molecule has 0 aromatic carbocycles. The summed E-state index contributed by atoms with van der Waals surface area (Å²) in [4.78, 5) is 41.2. The summed E-state index contributed by atoms with van der Waals surface area (Å²) in [6, 6.07) is -1.20. The quantitative estimate of drug-likeness (QED) is 0.221. The number of hydrogen-bond acceptors (Lipinski definition) is 4. The van der Waals surface area contributed by atoms with E-state index < -0.39 is 23.8 Å². The topological polar surface area (TPSA) is 139 Å². The summed E-state index contributed by atoms with van der Waals surface area (Å²) in [5, 5.41) is 9.45. The normalized spacial score (nSPS) is 15.7. The van der Waals surface area contributed by atoms with Gasteiger partial charge in [0.05, 0.1) is 0 Å². The number of nitrogens with zero attached hydrogens (tertiary/aromatic N) is 2. The number of aliphatic carboxylic acids is 1. The van der Waals surface area contributed by atoms with Gasteiger partial charge in [0.2, 0.25) is 0 Å². The fourth-order valence-corrected chi connectivity index (χ4v) is 2.87. The van der Waals surface area contributed by atoms with Crippen molar-refractivity contribution in [3.8, 4) is 0 Å². The zero-order valence-electron chi connectivity index (χ0n) is 15.0. The molecule has 0 saturated heterocycles. The Balaban J connectivity index is 2.78. The van der Waals surface area contributed by atoms with Crippen LogP contribution < -0.4 is 11.5 Å². The Hall–Kier alpha value is -2.38. The molecule has 25 heavy (non-hydrogen) atoms. The van der Waals surface area contributed by atoms with Crippen molar-refractivity contribution in [3.63, 3.8) is 0 Å². The summed E-state index contributed by atoms with van der Waals surface area (Å²) in [7, 11) is 0. The highest BCUT2D eigenvalue weighted by atomic mass is 16.4. The van der Waals surface area contributed by atoms with Gasteiger partial charge in [-0.25, -0.2) is 4.79 Å². The van der Waals surface area contributed by atoms with Crippen molar-refractivity contribution in [1.82, 2.24) is 4.90 Å². The molecule has 0 saturated carbocycles. The van der Waals surface area contributed by atoms with Gasteiger partial charge in [-0.05, 0) is 32.6 Å². The number of carboxylic acids is 1. The zero-order chi connectivity index (χ0) is 19.0. The number of nitrogens with two attached hydrogens (primary N) is 2. The van der Waals surface area contributed by atoms with Gasteiger partial charge in [0.15, 0.2) is 5.96 Å². The average Bonchev–Trinajstić information content (AvgIpc) is 2.75. The maximum atomic E-state index is 12.6. The molecule has 5 N–H and O–H groups in total. The molecule has 8 nitrogen and oxygen atoms in total. The number of carboxylic acid groups (broad SMARTS) is 1.